The summed E-state index contributed by atoms with van der Waals surface area (Å²) < 4.78 is 43.3. The van der Waals surface area contributed by atoms with Crippen LogP contribution in [-0.4, -0.2) is 38.0 Å². The van der Waals surface area contributed by atoms with Gasteiger partial charge in [0.25, 0.3) is 6.43 Å². The summed E-state index contributed by atoms with van der Waals surface area (Å²) in [4.78, 5) is 28.6. The van der Waals surface area contributed by atoms with E-state index in [-0.39, 0.29) is 56.5 Å². The Morgan fingerprint density at radius 3 is 2.70 bits per heavy atom. The second-order valence-electron chi connectivity index (χ2n) is 9.95. The van der Waals surface area contributed by atoms with Crippen molar-refractivity contribution < 1.29 is 27.9 Å². The standard InChI is InChI=1S/C26H28ClF3N4O3/c1-13(35)7-14-5-4-6-15(8-14)24(36)32-21-11-17(19(27)12-31-21)16-9-18-22(20(28)10-16)33-34(3)23(18)26(2,37)25(29)30/h9-12,14-15,25,37H,4-8H2,1-3H3,(H,31,32,36)/t14-,15-,26?/m0/s1. The van der Waals surface area contributed by atoms with Gasteiger partial charge in [-0.15, -0.1) is 0 Å². The summed E-state index contributed by atoms with van der Waals surface area (Å²) in [6.07, 6.45) is 1.71. The first-order chi connectivity index (χ1) is 17.4. The molecule has 0 spiro atoms. The number of aryl methyl sites for hydroxylation is 1. The number of amides is 1. The highest BCUT2D eigenvalue weighted by Gasteiger charge is 2.39. The first-order valence-electron chi connectivity index (χ1n) is 12.0. The van der Waals surface area contributed by atoms with Gasteiger partial charge in [-0.3, -0.25) is 9.48 Å². The van der Waals surface area contributed by atoms with Gasteiger partial charge in [0.2, 0.25) is 5.91 Å². The number of anilines is 1. The Morgan fingerprint density at radius 1 is 1.30 bits per heavy atom. The Morgan fingerprint density at radius 2 is 2.03 bits per heavy atom. The highest BCUT2D eigenvalue weighted by Crippen LogP contribution is 2.38. The Balaban J connectivity index is 1.66. The molecule has 2 aromatic heterocycles. The molecule has 1 aliphatic rings. The minimum atomic E-state index is -3.14. The molecule has 1 aliphatic carbocycles. The van der Waals surface area contributed by atoms with Gasteiger partial charge in [0.05, 0.1) is 10.7 Å². The number of halogens is 4. The summed E-state index contributed by atoms with van der Waals surface area (Å²) in [5, 5.41) is 17.4. The molecule has 3 atom stereocenters. The first kappa shape index (κ1) is 27.1. The molecular formula is C26H28ClF3N4O3. The average Bonchev–Trinajstić information content (AvgIpc) is 3.17. The summed E-state index contributed by atoms with van der Waals surface area (Å²) in [5.41, 5.74) is -2.42. The van der Waals surface area contributed by atoms with E-state index in [0.29, 0.717) is 24.8 Å². The van der Waals surface area contributed by atoms with Crippen molar-refractivity contribution in [3.05, 3.63) is 40.9 Å². The zero-order valence-electron chi connectivity index (χ0n) is 20.7. The summed E-state index contributed by atoms with van der Waals surface area (Å²) in [6, 6.07) is 4.08. The lowest BCUT2D eigenvalue weighted by Gasteiger charge is -2.27. The SMILES string of the molecule is CC(=O)C[C@@H]1CCC[C@H](C(=O)Nc2cc(-c3cc(F)c4nn(C)c(C(C)(O)C(F)F)c4c3)c(Cl)cn2)C1. The number of rotatable bonds is 7. The lowest BCUT2D eigenvalue weighted by Crippen LogP contribution is -2.33. The first-order valence-corrected chi connectivity index (χ1v) is 12.4. The van der Waals surface area contributed by atoms with E-state index < -0.39 is 17.8 Å². The van der Waals surface area contributed by atoms with Gasteiger partial charge in [-0.2, -0.15) is 5.10 Å². The van der Waals surface area contributed by atoms with E-state index in [4.69, 9.17) is 11.6 Å². The Bertz CT molecular complexity index is 1360. The third-order valence-electron chi connectivity index (χ3n) is 6.94. The number of pyridine rings is 1. The quantitative estimate of drug-likeness (QED) is 0.408. The van der Waals surface area contributed by atoms with Crippen LogP contribution in [0.4, 0.5) is 19.0 Å². The average molecular weight is 537 g/mol. The Labute approximate surface area is 217 Å². The van der Waals surface area contributed by atoms with Crippen LogP contribution in [0.15, 0.2) is 24.4 Å². The van der Waals surface area contributed by atoms with Crippen molar-refractivity contribution in [3.8, 4) is 11.1 Å². The van der Waals surface area contributed by atoms with E-state index in [9.17, 15) is 23.5 Å². The van der Waals surface area contributed by atoms with E-state index in [2.05, 4.69) is 15.4 Å². The monoisotopic (exact) mass is 536 g/mol. The van der Waals surface area contributed by atoms with E-state index >= 15 is 4.39 Å². The lowest BCUT2D eigenvalue weighted by molar-refractivity contribution is -0.123. The van der Waals surface area contributed by atoms with Gasteiger partial charge in [0, 0.05) is 36.5 Å². The molecule has 1 amide bonds. The highest BCUT2D eigenvalue weighted by molar-refractivity contribution is 6.33. The summed E-state index contributed by atoms with van der Waals surface area (Å²) in [6.45, 7) is 2.49. The molecule has 2 N–H and O–H groups in total. The number of fused-ring (bicyclic) bond motifs is 1. The number of Topliss-reactive ketones (excluding diaryl/α,β-unsaturated/α-hetero) is 1. The van der Waals surface area contributed by atoms with Gasteiger partial charge >= 0.3 is 0 Å². The fourth-order valence-corrected chi connectivity index (χ4v) is 5.40. The van der Waals surface area contributed by atoms with Crippen molar-refractivity contribution in [1.82, 2.24) is 14.8 Å². The van der Waals surface area contributed by atoms with Crippen LogP contribution < -0.4 is 5.32 Å². The van der Waals surface area contributed by atoms with Crippen molar-refractivity contribution in [3.63, 3.8) is 0 Å². The molecule has 0 aliphatic heterocycles. The zero-order chi connectivity index (χ0) is 27.1. The molecule has 0 bridgehead atoms. The predicted octanol–water partition coefficient (Wildman–Crippen LogP) is 5.62. The summed E-state index contributed by atoms with van der Waals surface area (Å²) >= 11 is 6.35. The van der Waals surface area contributed by atoms with Crippen molar-refractivity contribution in [2.75, 3.05) is 5.32 Å². The fraction of sp³-hybridized carbons (Fsp3) is 0.462. The van der Waals surface area contributed by atoms with E-state index in [0.717, 1.165) is 30.5 Å². The predicted molar refractivity (Wildman–Crippen MR) is 134 cm³/mol. The van der Waals surface area contributed by atoms with Crippen LogP contribution in [0.25, 0.3) is 22.0 Å². The third kappa shape index (κ3) is 5.50. The molecule has 0 saturated heterocycles. The van der Waals surface area contributed by atoms with Crippen LogP contribution in [0.3, 0.4) is 0 Å². The number of nitrogens with one attached hydrogen (secondary N) is 1. The van der Waals surface area contributed by atoms with Crippen molar-refractivity contribution >= 4 is 40.0 Å². The number of nitrogens with zero attached hydrogens (tertiary/aromatic N) is 3. The maximum Gasteiger partial charge on any atom is 0.272 e. The minimum absolute atomic E-state index is 0.0139. The summed E-state index contributed by atoms with van der Waals surface area (Å²) in [7, 11) is 1.35. The number of benzene rings is 1. The molecule has 1 saturated carbocycles. The molecule has 3 aromatic rings. The molecule has 1 unspecified atom stereocenters. The van der Waals surface area contributed by atoms with Crippen LogP contribution >= 0.6 is 11.6 Å². The number of alkyl halides is 2. The smallest absolute Gasteiger partial charge is 0.272 e. The largest absolute Gasteiger partial charge is 0.378 e. The van der Waals surface area contributed by atoms with Crippen molar-refractivity contribution in [2.45, 2.75) is 58.0 Å². The van der Waals surface area contributed by atoms with Gasteiger partial charge in [-0.1, -0.05) is 18.0 Å². The lowest BCUT2D eigenvalue weighted by atomic mass is 9.79. The Kier molecular flexibility index (Phi) is 7.62. The van der Waals surface area contributed by atoms with Gasteiger partial charge in [-0.05, 0) is 62.8 Å². The molecule has 2 heterocycles. The van der Waals surface area contributed by atoms with Crippen LogP contribution in [0, 0.1) is 17.7 Å². The molecule has 198 valence electrons. The Hall–Kier alpha value is -2.98. The van der Waals surface area contributed by atoms with E-state index in [1.165, 1.54) is 25.4 Å². The van der Waals surface area contributed by atoms with Gasteiger partial charge in [0.15, 0.2) is 11.4 Å². The molecule has 0 radical (unpaired) electrons. The van der Waals surface area contributed by atoms with Gasteiger partial charge in [0.1, 0.15) is 17.1 Å². The molecule has 1 fully saturated rings. The third-order valence-corrected chi connectivity index (χ3v) is 7.25. The van der Waals surface area contributed by atoms with E-state index in [1.54, 1.807) is 6.92 Å². The maximum atomic E-state index is 15.0. The topological polar surface area (TPSA) is 97.1 Å². The van der Waals surface area contributed by atoms with Crippen molar-refractivity contribution in [2.24, 2.45) is 18.9 Å². The number of aliphatic hydroxyl groups is 1. The number of hydrogen-bond donors (Lipinski definition) is 2. The van der Waals surface area contributed by atoms with Crippen LogP contribution in [-0.2, 0) is 22.2 Å². The normalized spacial score (nSPS) is 19.7. The molecule has 37 heavy (non-hydrogen) atoms. The zero-order valence-corrected chi connectivity index (χ0v) is 21.5. The van der Waals surface area contributed by atoms with Crippen LogP contribution in [0.2, 0.25) is 5.02 Å². The number of ketones is 1. The highest BCUT2D eigenvalue weighted by atomic mass is 35.5. The maximum absolute atomic E-state index is 15.0. The van der Waals surface area contributed by atoms with Crippen molar-refractivity contribution in [1.29, 1.82) is 0 Å². The molecular weight excluding hydrogens is 509 g/mol. The number of carbonyl (C=O) groups is 2. The number of carbonyl (C=O) groups excluding carboxylic acids is 2. The van der Waals surface area contributed by atoms with Gasteiger partial charge < -0.3 is 15.2 Å². The van der Waals surface area contributed by atoms with E-state index in [1.807, 2.05) is 0 Å². The second kappa shape index (κ2) is 10.4. The molecule has 1 aromatic carbocycles. The van der Waals surface area contributed by atoms with Gasteiger partial charge in [-0.25, -0.2) is 18.2 Å². The second-order valence-corrected chi connectivity index (χ2v) is 10.4. The number of aromatic nitrogens is 3. The van der Waals surface area contributed by atoms with Crippen LogP contribution in [0.5, 0.6) is 0 Å². The molecule has 4 rings (SSSR count). The fourth-order valence-electron chi connectivity index (χ4n) is 5.19. The molecule has 7 nitrogen and oxygen atoms in total. The summed E-state index contributed by atoms with van der Waals surface area (Å²) in [5.74, 6) is -0.794. The molecule has 11 heteroatoms. The number of hydrogen-bond acceptors (Lipinski definition) is 5. The minimum Gasteiger partial charge on any atom is -0.378 e. The van der Waals surface area contributed by atoms with Crippen LogP contribution in [0.1, 0.15) is 51.6 Å².